The van der Waals surface area contributed by atoms with Crippen LogP contribution in [0, 0.1) is 0 Å². The highest BCUT2D eigenvalue weighted by molar-refractivity contribution is 7.99. The molecule has 0 radical (unpaired) electrons. The molecule has 30 heavy (non-hydrogen) atoms. The molecule has 13 heteroatoms. The average Bonchev–Trinajstić information content (AvgIpc) is 3.36. The molecule has 0 spiro atoms. The Labute approximate surface area is 194 Å². The van der Waals surface area contributed by atoms with Crippen molar-refractivity contribution < 1.29 is 20.1 Å². The fourth-order valence-corrected chi connectivity index (χ4v) is 5.41. The maximum absolute atomic E-state index is 11.0. The molecule has 3 N–H and O–H groups in total. The van der Waals surface area contributed by atoms with Gasteiger partial charge in [0.05, 0.1) is 22.8 Å². The minimum absolute atomic E-state index is 0.342. The first-order valence-corrected chi connectivity index (χ1v) is 11.5. The van der Waals surface area contributed by atoms with Crippen molar-refractivity contribution >= 4 is 57.9 Å². The summed E-state index contributed by atoms with van der Waals surface area (Å²) in [6.07, 6.45) is -1.75. The number of aliphatic hydroxyl groups is 3. The molecular weight excluding hydrogens is 495 g/mol. The Morgan fingerprint density at radius 1 is 1.17 bits per heavy atom. The fourth-order valence-electron chi connectivity index (χ4n) is 3.05. The number of nitrogens with zero attached hydrogens (tertiary/aromatic N) is 4. The molecule has 3 heterocycles. The monoisotopic (exact) mass is 508 g/mol. The van der Waals surface area contributed by atoms with Crippen molar-refractivity contribution in [2.45, 2.75) is 34.7 Å². The first kappa shape index (κ1) is 22.3. The highest BCUT2D eigenvalue weighted by atomic mass is 35.5. The van der Waals surface area contributed by atoms with E-state index in [2.05, 4.69) is 15.3 Å². The minimum atomic E-state index is -1.22. The van der Waals surface area contributed by atoms with Crippen LogP contribution in [-0.2, 0) is 4.74 Å². The predicted octanol–water partition coefficient (Wildman–Crippen LogP) is 3.13. The van der Waals surface area contributed by atoms with Gasteiger partial charge in [0.15, 0.2) is 0 Å². The van der Waals surface area contributed by atoms with E-state index in [1.807, 2.05) is 0 Å². The van der Waals surface area contributed by atoms with Gasteiger partial charge in [-0.15, -0.1) is 16.4 Å². The average molecular weight is 510 g/mol. The molecule has 2 aromatic heterocycles. The third-order valence-electron chi connectivity index (χ3n) is 4.50. The number of aromatic nitrogens is 4. The van der Waals surface area contributed by atoms with Crippen LogP contribution in [-0.4, -0.2) is 65.7 Å². The smallest absolute Gasteiger partial charge is 0.147 e. The lowest BCUT2D eigenvalue weighted by atomic mass is 9.97. The van der Waals surface area contributed by atoms with Gasteiger partial charge in [0.1, 0.15) is 45.6 Å². The first-order chi connectivity index (χ1) is 14.4. The maximum atomic E-state index is 11.0. The number of halogens is 3. The highest BCUT2D eigenvalue weighted by Gasteiger charge is 2.46. The van der Waals surface area contributed by atoms with Crippen LogP contribution in [0.25, 0.3) is 10.7 Å². The molecule has 1 aliphatic rings. The number of thioether (sulfide) groups is 1. The van der Waals surface area contributed by atoms with Crippen molar-refractivity contribution in [2.24, 2.45) is 0 Å². The van der Waals surface area contributed by atoms with Crippen LogP contribution in [0.15, 0.2) is 34.7 Å². The standard InChI is InChI=1S/C17H15Cl3N4O4S2/c18-8-2-1-7(3-9(8)19)30-17-15(27)13(14(26)11(5-25)28-17)24-4-10(22-23-24)16-21-12(20)6-29-16/h1-4,6,11,13-15,17,25-27H,5H2/t11?,13-,14-,15?,17+/m0/s1. The van der Waals surface area contributed by atoms with Crippen LogP contribution >= 0.6 is 57.9 Å². The summed E-state index contributed by atoms with van der Waals surface area (Å²) >= 11 is 20.4. The van der Waals surface area contributed by atoms with Crippen molar-refractivity contribution in [1.82, 2.24) is 20.0 Å². The summed E-state index contributed by atoms with van der Waals surface area (Å²) in [7, 11) is 0. The number of ether oxygens (including phenoxy) is 1. The van der Waals surface area contributed by atoms with Gasteiger partial charge in [-0.3, -0.25) is 0 Å². The number of hydrogen-bond acceptors (Lipinski definition) is 9. The molecule has 1 aromatic carbocycles. The lowest BCUT2D eigenvalue weighted by Gasteiger charge is -2.41. The molecule has 1 aliphatic heterocycles. The Bertz CT molecular complexity index is 1040. The largest absolute Gasteiger partial charge is 0.394 e. The summed E-state index contributed by atoms with van der Waals surface area (Å²) in [5.41, 5.74) is -0.359. The molecule has 160 valence electrons. The lowest BCUT2D eigenvalue weighted by Crippen LogP contribution is -2.55. The van der Waals surface area contributed by atoms with E-state index in [9.17, 15) is 15.3 Å². The van der Waals surface area contributed by atoms with E-state index in [0.717, 1.165) is 0 Å². The van der Waals surface area contributed by atoms with E-state index in [4.69, 9.17) is 39.5 Å². The van der Waals surface area contributed by atoms with Gasteiger partial charge in [0.25, 0.3) is 0 Å². The highest BCUT2D eigenvalue weighted by Crippen LogP contribution is 2.39. The fraction of sp³-hybridized carbons (Fsp3) is 0.353. The predicted molar refractivity (Wildman–Crippen MR) is 115 cm³/mol. The number of hydrogen-bond donors (Lipinski definition) is 3. The van der Waals surface area contributed by atoms with Gasteiger partial charge in [0, 0.05) is 10.3 Å². The third-order valence-corrected chi connectivity index (χ3v) is 7.58. The molecular formula is C17H15Cl3N4O4S2. The van der Waals surface area contributed by atoms with Crippen LogP contribution in [0.1, 0.15) is 6.04 Å². The van der Waals surface area contributed by atoms with Crippen LogP contribution in [0.5, 0.6) is 0 Å². The summed E-state index contributed by atoms with van der Waals surface area (Å²) in [6, 6.07) is 4.12. The Kier molecular flexibility index (Phi) is 6.88. The first-order valence-electron chi connectivity index (χ1n) is 8.64. The zero-order chi connectivity index (χ0) is 21.4. The van der Waals surface area contributed by atoms with Crippen molar-refractivity contribution in [2.75, 3.05) is 6.61 Å². The molecule has 3 aromatic rings. The van der Waals surface area contributed by atoms with Gasteiger partial charge in [-0.1, -0.05) is 51.8 Å². The summed E-state index contributed by atoms with van der Waals surface area (Å²) in [6.45, 7) is -0.438. The topological polar surface area (TPSA) is 114 Å². The van der Waals surface area contributed by atoms with Gasteiger partial charge >= 0.3 is 0 Å². The van der Waals surface area contributed by atoms with Gasteiger partial charge < -0.3 is 20.1 Å². The number of rotatable bonds is 5. The van der Waals surface area contributed by atoms with Crippen LogP contribution < -0.4 is 0 Å². The van der Waals surface area contributed by atoms with Crippen LogP contribution in [0.3, 0.4) is 0 Å². The molecule has 0 aliphatic carbocycles. The van der Waals surface area contributed by atoms with E-state index in [-0.39, 0.29) is 0 Å². The quantitative estimate of drug-likeness (QED) is 0.481. The molecule has 5 atom stereocenters. The van der Waals surface area contributed by atoms with Gasteiger partial charge in [0.2, 0.25) is 0 Å². The van der Waals surface area contributed by atoms with E-state index in [1.165, 1.54) is 27.8 Å². The van der Waals surface area contributed by atoms with Crippen LogP contribution in [0.2, 0.25) is 15.2 Å². The number of thiazole rings is 1. The molecule has 0 saturated carbocycles. The Morgan fingerprint density at radius 2 is 1.97 bits per heavy atom. The second kappa shape index (κ2) is 9.27. The molecule has 0 bridgehead atoms. The summed E-state index contributed by atoms with van der Waals surface area (Å²) in [5, 5.41) is 42.8. The van der Waals surface area contributed by atoms with Crippen LogP contribution in [0.4, 0.5) is 0 Å². The summed E-state index contributed by atoms with van der Waals surface area (Å²) < 4.78 is 7.08. The molecule has 4 rings (SSSR count). The lowest BCUT2D eigenvalue weighted by molar-refractivity contribution is -0.178. The van der Waals surface area contributed by atoms with Gasteiger partial charge in [-0.05, 0) is 18.2 Å². The Balaban J connectivity index is 1.61. The van der Waals surface area contributed by atoms with E-state index in [0.29, 0.717) is 30.8 Å². The van der Waals surface area contributed by atoms with E-state index >= 15 is 0 Å². The van der Waals surface area contributed by atoms with Gasteiger partial charge in [-0.2, -0.15) is 0 Å². The summed E-state index contributed by atoms with van der Waals surface area (Å²) in [4.78, 5) is 4.85. The molecule has 8 nitrogen and oxygen atoms in total. The van der Waals surface area contributed by atoms with Crippen molar-refractivity contribution in [3.63, 3.8) is 0 Å². The van der Waals surface area contributed by atoms with E-state index < -0.39 is 36.4 Å². The van der Waals surface area contributed by atoms with Crippen molar-refractivity contribution in [1.29, 1.82) is 0 Å². The Morgan fingerprint density at radius 3 is 2.63 bits per heavy atom. The normalized spacial score (nSPS) is 26.8. The second-order valence-electron chi connectivity index (χ2n) is 6.45. The zero-order valence-electron chi connectivity index (χ0n) is 15.0. The van der Waals surface area contributed by atoms with Crippen molar-refractivity contribution in [3.05, 3.63) is 45.0 Å². The SMILES string of the molecule is OCC1O[C@H](Sc2ccc(Cl)c(Cl)c2)C(O)[C@@H](n2cc(-c3nc(Cl)cs3)nn2)[C@H]1O. The van der Waals surface area contributed by atoms with E-state index in [1.54, 1.807) is 29.8 Å². The Hall–Kier alpha value is -0.950. The third kappa shape index (κ3) is 4.47. The zero-order valence-corrected chi connectivity index (χ0v) is 18.9. The molecule has 2 unspecified atom stereocenters. The molecule has 0 amide bonds. The molecule has 1 fully saturated rings. The second-order valence-corrected chi connectivity index (χ2v) is 9.68. The maximum Gasteiger partial charge on any atom is 0.147 e. The minimum Gasteiger partial charge on any atom is -0.394 e. The molecule has 1 saturated heterocycles. The number of benzene rings is 1. The number of aliphatic hydroxyl groups excluding tert-OH is 3. The van der Waals surface area contributed by atoms with Gasteiger partial charge in [-0.25, -0.2) is 9.67 Å². The summed E-state index contributed by atoms with van der Waals surface area (Å²) in [5.74, 6) is 0. The van der Waals surface area contributed by atoms with Crippen molar-refractivity contribution in [3.8, 4) is 10.7 Å².